The van der Waals surface area contributed by atoms with Gasteiger partial charge >= 0.3 is 0 Å². The van der Waals surface area contributed by atoms with Crippen LogP contribution >= 0.6 is 0 Å². The quantitative estimate of drug-likeness (QED) is 0.849. The maximum absolute atomic E-state index is 12.8. The van der Waals surface area contributed by atoms with Gasteiger partial charge in [-0.1, -0.05) is 0 Å². The van der Waals surface area contributed by atoms with Crippen molar-refractivity contribution in [3.8, 4) is 0 Å². The van der Waals surface area contributed by atoms with Crippen LogP contribution in [0.1, 0.15) is 36.5 Å². The van der Waals surface area contributed by atoms with Crippen LogP contribution in [0.2, 0.25) is 0 Å². The van der Waals surface area contributed by atoms with Gasteiger partial charge in [0, 0.05) is 31.6 Å². The van der Waals surface area contributed by atoms with Gasteiger partial charge in [-0.05, 0) is 44.0 Å². The van der Waals surface area contributed by atoms with E-state index in [4.69, 9.17) is 0 Å². The lowest BCUT2D eigenvalue weighted by Gasteiger charge is -2.35. The van der Waals surface area contributed by atoms with Crippen LogP contribution in [-0.2, 0) is 0 Å². The third-order valence-electron chi connectivity index (χ3n) is 3.75. The van der Waals surface area contributed by atoms with E-state index in [-0.39, 0.29) is 11.6 Å². The van der Waals surface area contributed by atoms with Gasteiger partial charge in [0.1, 0.15) is 5.82 Å². The first-order chi connectivity index (χ1) is 8.96. The fraction of sp³-hybridized carbons (Fsp3) is 0.533. The number of ketones is 1. The molecule has 1 aromatic carbocycles. The highest BCUT2D eigenvalue weighted by Gasteiger charge is 2.27. The molecule has 2 rings (SSSR count). The summed E-state index contributed by atoms with van der Waals surface area (Å²) < 4.78 is 12.8. The summed E-state index contributed by atoms with van der Waals surface area (Å²) in [5.41, 5.74) is 0.00249. The minimum Gasteiger partial charge on any atom is -0.390 e. The molecule has 1 aliphatic rings. The number of carbonyl (C=O) groups is 1. The number of hydrogen-bond donors (Lipinski definition) is 1. The zero-order chi connectivity index (χ0) is 13.9. The Morgan fingerprint density at radius 2 is 1.89 bits per heavy atom. The standard InChI is InChI=1S/C15H20FNO2/c1-15(19)7-10-17(11-8-15)9-6-14(18)12-2-4-13(16)5-3-12/h2-5,19H,6-11H2,1H3. The first-order valence-corrected chi connectivity index (χ1v) is 6.70. The van der Waals surface area contributed by atoms with Crippen LogP contribution in [0, 0.1) is 5.82 Å². The van der Waals surface area contributed by atoms with Crippen molar-refractivity contribution in [2.45, 2.75) is 31.8 Å². The Balaban J connectivity index is 1.80. The molecule has 0 spiro atoms. The predicted molar refractivity (Wildman–Crippen MR) is 71.6 cm³/mol. The molecular formula is C15H20FNO2. The molecule has 1 aliphatic heterocycles. The van der Waals surface area contributed by atoms with E-state index in [0.717, 1.165) is 25.9 Å². The van der Waals surface area contributed by atoms with Crippen LogP contribution < -0.4 is 0 Å². The molecule has 0 aromatic heterocycles. The number of Topliss-reactive ketones (excluding diaryl/α,β-unsaturated/α-hetero) is 1. The van der Waals surface area contributed by atoms with Crippen molar-refractivity contribution in [3.63, 3.8) is 0 Å². The molecule has 0 radical (unpaired) electrons. The Labute approximate surface area is 113 Å². The van der Waals surface area contributed by atoms with Gasteiger partial charge in [-0.3, -0.25) is 4.79 Å². The fourth-order valence-electron chi connectivity index (χ4n) is 2.30. The Morgan fingerprint density at radius 3 is 2.47 bits per heavy atom. The lowest BCUT2D eigenvalue weighted by atomic mass is 9.93. The molecule has 0 aliphatic carbocycles. The second-order valence-corrected chi connectivity index (χ2v) is 5.52. The highest BCUT2D eigenvalue weighted by atomic mass is 19.1. The van der Waals surface area contributed by atoms with Gasteiger partial charge in [-0.2, -0.15) is 0 Å². The summed E-state index contributed by atoms with van der Waals surface area (Å²) in [6.07, 6.45) is 1.93. The van der Waals surface area contributed by atoms with E-state index in [0.29, 0.717) is 18.5 Å². The molecule has 1 heterocycles. The number of likely N-dealkylation sites (tertiary alicyclic amines) is 1. The van der Waals surface area contributed by atoms with E-state index in [2.05, 4.69) is 4.90 Å². The van der Waals surface area contributed by atoms with Gasteiger partial charge < -0.3 is 10.0 Å². The Bertz CT molecular complexity index is 432. The summed E-state index contributed by atoms with van der Waals surface area (Å²) in [7, 11) is 0. The van der Waals surface area contributed by atoms with Crippen molar-refractivity contribution < 1.29 is 14.3 Å². The Hall–Kier alpha value is -1.26. The maximum Gasteiger partial charge on any atom is 0.164 e. The zero-order valence-corrected chi connectivity index (χ0v) is 11.2. The highest BCUT2D eigenvalue weighted by Crippen LogP contribution is 2.21. The summed E-state index contributed by atoms with van der Waals surface area (Å²) in [6, 6.07) is 5.67. The molecule has 0 saturated carbocycles. The van der Waals surface area contributed by atoms with Crippen molar-refractivity contribution in [2.75, 3.05) is 19.6 Å². The molecule has 1 fully saturated rings. The SMILES string of the molecule is CC1(O)CCN(CCC(=O)c2ccc(F)cc2)CC1. The van der Waals surface area contributed by atoms with Crippen LogP contribution in [0.15, 0.2) is 24.3 Å². The summed E-state index contributed by atoms with van der Waals surface area (Å²) in [6.45, 7) is 4.20. The number of hydrogen-bond acceptors (Lipinski definition) is 3. The third kappa shape index (κ3) is 4.11. The van der Waals surface area contributed by atoms with E-state index in [1.54, 1.807) is 0 Å². The first kappa shape index (κ1) is 14.2. The van der Waals surface area contributed by atoms with Gasteiger partial charge in [0.25, 0.3) is 0 Å². The second-order valence-electron chi connectivity index (χ2n) is 5.52. The number of aliphatic hydroxyl groups is 1. The van der Waals surface area contributed by atoms with Crippen molar-refractivity contribution in [1.29, 1.82) is 0 Å². The molecular weight excluding hydrogens is 245 g/mol. The Morgan fingerprint density at radius 1 is 1.32 bits per heavy atom. The highest BCUT2D eigenvalue weighted by molar-refractivity contribution is 5.96. The Kier molecular flexibility index (Phi) is 4.32. The van der Waals surface area contributed by atoms with Gasteiger partial charge in [0.2, 0.25) is 0 Å². The van der Waals surface area contributed by atoms with Crippen molar-refractivity contribution in [1.82, 2.24) is 4.90 Å². The molecule has 19 heavy (non-hydrogen) atoms. The van der Waals surface area contributed by atoms with Gasteiger partial charge in [0.15, 0.2) is 5.78 Å². The van der Waals surface area contributed by atoms with Gasteiger partial charge in [-0.25, -0.2) is 4.39 Å². The van der Waals surface area contributed by atoms with Gasteiger partial charge in [-0.15, -0.1) is 0 Å². The molecule has 3 nitrogen and oxygen atoms in total. The van der Waals surface area contributed by atoms with E-state index in [9.17, 15) is 14.3 Å². The largest absolute Gasteiger partial charge is 0.390 e. The number of nitrogens with zero attached hydrogens (tertiary/aromatic N) is 1. The normalized spacial score (nSPS) is 19.3. The smallest absolute Gasteiger partial charge is 0.164 e. The zero-order valence-electron chi connectivity index (χ0n) is 11.2. The second kappa shape index (κ2) is 5.80. The topological polar surface area (TPSA) is 40.5 Å². The van der Waals surface area contributed by atoms with Gasteiger partial charge in [0.05, 0.1) is 5.60 Å². The molecule has 1 saturated heterocycles. The number of carbonyl (C=O) groups excluding carboxylic acids is 1. The summed E-state index contributed by atoms with van der Waals surface area (Å²) in [5.74, 6) is -0.285. The lowest BCUT2D eigenvalue weighted by Crippen LogP contribution is -2.43. The number of benzene rings is 1. The van der Waals surface area contributed by atoms with Crippen LogP contribution in [0.5, 0.6) is 0 Å². The molecule has 1 N–H and O–H groups in total. The number of halogens is 1. The van der Waals surface area contributed by atoms with Crippen LogP contribution in [-0.4, -0.2) is 41.0 Å². The molecule has 4 heteroatoms. The first-order valence-electron chi connectivity index (χ1n) is 6.70. The van der Waals surface area contributed by atoms with Crippen molar-refractivity contribution in [2.24, 2.45) is 0 Å². The molecule has 0 amide bonds. The monoisotopic (exact) mass is 265 g/mol. The average molecular weight is 265 g/mol. The lowest BCUT2D eigenvalue weighted by molar-refractivity contribution is -0.00506. The third-order valence-corrected chi connectivity index (χ3v) is 3.75. The fourth-order valence-corrected chi connectivity index (χ4v) is 2.30. The van der Waals surface area contributed by atoms with Crippen molar-refractivity contribution in [3.05, 3.63) is 35.6 Å². The van der Waals surface area contributed by atoms with Crippen LogP contribution in [0.4, 0.5) is 4.39 Å². The average Bonchev–Trinajstić information content (AvgIpc) is 2.38. The van der Waals surface area contributed by atoms with E-state index in [1.165, 1.54) is 24.3 Å². The maximum atomic E-state index is 12.8. The molecule has 104 valence electrons. The van der Waals surface area contributed by atoms with E-state index < -0.39 is 5.60 Å². The molecule has 0 unspecified atom stereocenters. The van der Waals surface area contributed by atoms with E-state index >= 15 is 0 Å². The van der Waals surface area contributed by atoms with E-state index in [1.807, 2.05) is 6.92 Å². The summed E-state index contributed by atoms with van der Waals surface area (Å²) >= 11 is 0. The molecule has 0 bridgehead atoms. The van der Waals surface area contributed by atoms with Crippen molar-refractivity contribution >= 4 is 5.78 Å². The molecule has 0 atom stereocenters. The minimum absolute atomic E-state index is 0.0392. The molecule has 1 aromatic rings. The summed E-state index contributed by atoms with van der Waals surface area (Å²) in [4.78, 5) is 14.1. The minimum atomic E-state index is -0.558. The van der Waals surface area contributed by atoms with Crippen LogP contribution in [0.25, 0.3) is 0 Å². The van der Waals surface area contributed by atoms with Crippen LogP contribution in [0.3, 0.4) is 0 Å². The number of piperidine rings is 1. The number of rotatable bonds is 4. The summed E-state index contributed by atoms with van der Waals surface area (Å²) in [5, 5.41) is 9.84. The predicted octanol–water partition coefficient (Wildman–Crippen LogP) is 2.25.